The zero-order valence-corrected chi connectivity index (χ0v) is 13.7. The van der Waals surface area contributed by atoms with Gasteiger partial charge in [-0.05, 0) is 35.7 Å². The van der Waals surface area contributed by atoms with E-state index in [9.17, 15) is 10.1 Å². The molecule has 0 N–H and O–H groups in total. The number of rotatable bonds is 4. The van der Waals surface area contributed by atoms with Crippen molar-refractivity contribution in [2.75, 3.05) is 13.1 Å². The number of hydrogen-bond acceptors (Lipinski definition) is 3. The number of nitrogens with zero attached hydrogens (tertiary/aromatic N) is 2. The molecule has 3 rings (SSSR count). The molecule has 23 heavy (non-hydrogen) atoms. The molecular formula is C18H19ClN2O2. The highest BCUT2D eigenvalue weighted by molar-refractivity contribution is 6.30. The average Bonchev–Trinajstić information content (AvgIpc) is 2.92. The first-order valence-electron chi connectivity index (χ1n) is 7.70. The fourth-order valence-corrected chi connectivity index (χ4v) is 3.64. The van der Waals surface area contributed by atoms with Crippen LogP contribution in [0.4, 0.5) is 0 Å². The lowest BCUT2D eigenvalue weighted by atomic mass is 9.91. The molecular weight excluding hydrogens is 312 g/mol. The Bertz CT molecular complexity index is 705. The fraction of sp³-hybridized carbons (Fsp3) is 0.333. The largest absolute Gasteiger partial charge is 0.292 e. The highest BCUT2D eigenvalue weighted by Crippen LogP contribution is 2.33. The molecule has 1 fully saturated rings. The van der Waals surface area contributed by atoms with Crippen LogP contribution in [0.3, 0.4) is 0 Å². The Morgan fingerprint density at radius 2 is 1.96 bits per heavy atom. The number of likely N-dealkylation sites (tertiary alicyclic amines) is 1. The van der Waals surface area contributed by atoms with Gasteiger partial charge < -0.3 is 0 Å². The molecule has 1 heterocycles. The van der Waals surface area contributed by atoms with Gasteiger partial charge in [0.1, 0.15) is 0 Å². The Morgan fingerprint density at radius 3 is 2.61 bits per heavy atom. The van der Waals surface area contributed by atoms with Crippen molar-refractivity contribution in [2.45, 2.75) is 25.4 Å². The number of hydrogen-bond donors (Lipinski definition) is 0. The minimum atomic E-state index is -0.571. The molecule has 0 unspecified atom stereocenters. The van der Waals surface area contributed by atoms with Crippen molar-refractivity contribution in [3.05, 3.63) is 80.4 Å². The van der Waals surface area contributed by atoms with Crippen LogP contribution in [0.2, 0.25) is 5.02 Å². The lowest BCUT2D eigenvalue weighted by Gasteiger charge is -2.16. The van der Waals surface area contributed by atoms with Gasteiger partial charge in [0.05, 0.1) is 12.5 Å². The molecule has 2 atom stereocenters. The van der Waals surface area contributed by atoms with Gasteiger partial charge in [0, 0.05) is 23.0 Å². The summed E-state index contributed by atoms with van der Waals surface area (Å²) in [7, 11) is 0. The molecule has 1 aliphatic rings. The van der Waals surface area contributed by atoms with E-state index < -0.39 is 6.04 Å². The van der Waals surface area contributed by atoms with E-state index in [4.69, 9.17) is 11.6 Å². The fourth-order valence-electron chi connectivity index (χ4n) is 3.41. The van der Waals surface area contributed by atoms with Gasteiger partial charge in [-0.3, -0.25) is 15.0 Å². The second kappa shape index (κ2) is 6.69. The second-order valence-electron chi connectivity index (χ2n) is 6.14. The monoisotopic (exact) mass is 330 g/mol. The van der Waals surface area contributed by atoms with Crippen LogP contribution in [0.5, 0.6) is 0 Å². The van der Waals surface area contributed by atoms with E-state index in [0.717, 1.165) is 17.7 Å². The first-order chi connectivity index (χ1) is 11.0. The lowest BCUT2D eigenvalue weighted by Crippen LogP contribution is -2.28. The average molecular weight is 331 g/mol. The summed E-state index contributed by atoms with van der Waals surface area (Å²) in [6, 6.07) is 15.2. The molecule has 0 amide bonds. The van der Waals surface area contributed by atoms with E-state index >= 15 is 0 Å². The summed E-state index contributed by atoms with van der Waals surface area (Å²) < 4.78 is 0. The SMILES string of the molecule is Cc1cc(Cl)ccc1[C@H]1CN(Cc2ccccc2)C[C@H]1[N+](=O)[O-]. The summed E-state index contributed by atoms with van der Waals surface area (Å²) in [6.45, 7) is 3.89. The Hall–Kier alpha value is -1.91. The summed E-state index contributed by atoms with van der Waals surface area (Å²) in [5.74, 6) is -0.0917. The number of aryl methyl sites for hydroxylation is 1. The van der Waals surface area contributed by atoms with Gasteiger partial charge in [-0.1, -0.05) is 48.0 Å². The smallest absolute Gasteiger partial charge is 0.233 e. The van der Waals surface area contributed by atoms with Gasteiger partial charge in [0.2, 0.25) is 6.04 Å². The minimum absolute atomic E-state index is 0.0917. The molecule has 0 bridgehead atoms. The summed E-state index contributed by atoms with van der Waals surface area (Å²) in [4.78, 5) is 13.5. The number of benzene rings is 2. The molecule has 0 saturated carbocycles. The van der Waals surface area contributed by atoms with Gasteiger partial charge >= 0.3 is 0 Å². The first kappa shape index (κ1) is 16.0. The zero-order valence-electron chi connectivity index (χ0n) is 13.0. The predicted molar refractivity (Wildman–Crippen MR) is 91.4 cm³/mol. The molecule has 0 aliphatic carbocycles. The third kappa shape index (κ3) is 3.54. The van der Waals surface area contributed by atoms with Crippen LogP contribution in [0, 0.1) is 17.0 Å². The van der Waals surface area contributed by atoms with Crippen LogP contribution in [-0.2, 0) is 6.54 Å². The number of halogens is 1. The van der Waals surface area contributed by atoms with E-state index in [2.05, 4.69) is 17.0 Å². The van der Waals surface area contributed by atoms with Crippen LogP contribution in [0.25, 0.3) is 0 Å². The zero-order chi connectivity index (χ0) is 16.4. The maximum Gasteiger partial charge on any atom is 0.233 e. The standard InChI is InChI=1S/C18H19ClN2O2/c1-13-9-15(19)7-8-16(13)17-11-20(12-18(17)21(22)23)10-14-5-3-2-4-6-14/h2-9,17-18H,10-12H2,1H3/t17-,18-/m1/s1. The van der Waals surface area contributed by atoms with Crippen LogP contribution in [0.15, 0.2) is 48.5 Å². The summed E-state index contributed by atoms with van der Waals surface area (Å²) in [5, 5.41) is 12.2. The highest BCUT2D eigenvalue weighted by Gasteiger charge is 2.42. The van der Waals surface area contributed by atoms with Crippen molar-refractivity contribution >= 4 is 11.6 Å². The van der Waals surface area contributed by atoms with Gasteiger partial charge in [-0.25, -0.2) is 0 Å². The summed E-state index contributed by atoms with van der Waals surface area (Å²) in [5.41, 5.74) is 3.24. The molecule has 1 aliphatic heterocycles. The van der Waals surface area contributed by atoms with Gasteiger partial charge in [0.15, 0.2) is 0 Å². The Labute approximate surface area is 140 Å². The summed E-state index contributed by atoms with van der Waals surface area (Å²) >= 11 is 6.01. The van der Waals surface area contributed by atoms with Crippen molar-refractivity contribution < 1.29 is 4.92 Å². The predicted octanol–water partition coefficient (Wildman–Crippen LogP) is 3.89. The normalized spacial score (nSPS) is 21.5. The Balaban J connectivity index is 1.83. The Kier molecular flexibility index (Phi) is 4.64. The van der Waals surface area contributed by atoms with E-state index in [1.54, 1.807) is 0 Å². The topological polar surface area (TPSA) is 46.4 Å². The van der Waals surface area contributed by atoms with Gasteiger partial charge in [-0.15, -0.1) is 0 Å². The maximum atomic E-state index is 11.5. The molecule has 0 radical (unpaired) electrons. The van der Waals surface area contributed by atoms with E-state index in [-0.39, 0.29) is 10.8 Å². The van der Waals surface area contributed by atoms with Gasteiger partial charge in [-0.2, -0.15) is 0 Å². The molecule has 2 aromatic rings. The second-order valence-corrected chi connectivity index (χ2v) is 6.58. The van der Waals surface area contributed by atoms with Crippen molar-refractivity contribution in [3.8, 4) is 0 Å². The van der Waals surface area contributed by atoms with Crippen LogP contribution in [0.1, 0.15) is 22.6 Å². The lowest BCUT2D eigenvalue weighted by molar-refractivity contribution is -0.521. The molecule has 1 saturated heterocycles. The molecule has 0 spiro atoms. The molecule has 0 aromatic heterocycles. The van der Waals surface area contributed by atoms with Crippen LogP contribution in [-0.4, -0.2) is 29.0 Å². The maximum absolute atomic E-state index is 11.5. The van der Waals surface area contributed by atoms with Crippen LogP contribution < -0.4 is 0 Å². The van der Waals surface area contributed by atoms with Gasteiger partial charge in [0.25, 0.3) is 0 Å². The molecule has 4 nitrogen and oxygen atoms in total. The third-order valence-corrected chi connectivity index (χ3v) is 4.75. The van der Waals surface area contributed by atoms with E-state index in [1.807, 2.05) is 43.3 Å². The quantitative estimate of drug-likeness (QED) is 0.631. The van der Waals surface area contributed by atoms with Crippen LogP contribution >= 0.6 is 11.6 Å². The Morgan fingerprint density at radius 1 is 1.22 bits per heavy atom. The van der Waals surface area contributed by atoms with Crippen molar-refractivity contribution in [2.24, 2.45) is 0 Å². The van der Waals surface area contributed by atoms with E-state index in [1.165, 1.54) is 5.56 Å². The minimum Gasteiger partial charge on any atom is -0.292 e. The molecule has 2 aromatic carbocycles. The van der Waals surface area contributed by atoms with E-state index in [0.29, 0.717) is 18.1 Å². The highest BCUT2D eigenvalue weighted by atomic mass is 35.5. The molecule has 5 heteroatoms. The number of nitro groups is 1. The molecule has 120 valence electrons. The van der Waals surface area contributed by atoms with Crippen molar-refractivity contribution in [1.82, 2.24) is 4.90 Å². The van der Waals surface area contributed by atoms with Crippen molar-refractivity contribution in [3.63, 3.8) is 0 Å². The first-order valence-corrected chi connectivity index (χ1v) is 8.08. The third-order valence-electron chi connectivity index (χ3n) is 4.52. The summed E-state index contributed by atoms with van der Waals surface area (Å²) in [6.07, 6.45) is 0. The van der Waals surface area contributed by atoms with Crippen molar-refractivity contribution in [1.29, 1.82) is 0 Å².